The first-order chi connectivity index (χ1) is 8.65. The van der Waals surface area contributed by atoms with Gasteiger partial charge in [-0.2, -0.15) is 0 Å². The third-order valence-electron chi connectivity index (χ3n) is 4.00. The first-order valence-corrected chi connectivity index (χ1v) is 7.12. The fourth-order valence-electron chi connectivity index (χ4n) is 2.69. The molecule has 1 atom stereocenters. The minimum Gasteiger partial charge on any atom is -0.316 e. The van der Waals surface area contributed by atoms with Crippen molar-refractivity contribution in [1.29, 1.82) is 0 Å². The smallest absolute Gasteiger partial charge is 0.0177 e. The Hall–Kier alpha value is -0.860. The number of nitrogens with zero attached hydrogens (tertiary/aromatic N) is 1. The highest BCUT2D eigenvalue weighted by molar-refractivity contribution is 5.25. The Labute approximate surface area is 111 Å². The number of nitrogens with one attached hydrogen (secondary N) is 1. The van der Waals surface area contributed by atoms with Crippen molar-refractivity contribution >= 4 is 0 Å². The van der Waals surface area contributed by atoms with Crippen LogP contribution in [0.4, 0.5) is 0 Å². The van der Waals surface area contributed by atoms with Gasteiger partial charge in [0.05, 0.1) is 0 Å². The summed E-state index contributed by atoms with van der Waals surface area (Å²) in [6.07, 6.45) is 2.76. The summed E-state index contributed by atoms with van der Waals surface area (Å²) in [7, 11) is 2.27. The van der Waals surface area contributed by atoms with Gasteiger partial charge in [0.25, 0.3) is 0 Å². The van der Waals surface area contributed by atoms with Gasteiger partial charge in [-0.25, -0.2) is 0 Å². The summed E-state index contributed by atoms with van der Waals surface area (Å²) in [5.74, 6) is 0. The van der Waals surface area contributed by atoms with Crippen molar-refractivity contribution in [3.05, 3.63) is 35.9 Å². The highest BCUT2D eigenvalue weighted by Crippen LogP contribution is 2.30. The predicted molar refractivity (Wildman–Crippen MR) is 78.0 cm³/mol. The Balaban J connectivity index is 2.11. The fraction of sp³-hybridized carbons (Fsp3) is 0.625. The molecule has 100 valence electrons. The van der Waals surface area contributed by atoms with Crippen LogP contribution in [0.3, 0.4) is 0 Å². The van der Waals surface area contributed by atoms with Gasteiger partial charge in [0.1, 0.15) is 0 Å². The van der Waals surface area contributed by atoms with Crippen LogP contribution in [-0.2, 0) is 5.41 Å². The highest BCUT2D eigenvalue weighted by atomic mass is 15.2. The molecule has 1 aliphatic carbocycles. The van der Waals surface area contributed by atoms with Gasteiger partial charge < -0.3 is 10.2 Å². The molecule has 0 saturated heterocycles. The van der Waals surface area contributed by atoms with Crippen LogP contribution in [0.2, 0.25) is 0 Å². The Bertz CT molecular complexity index is 359. The summed E-state index contributed by atoms with van der Waals surface area (Å²) in [4.78, 5) is 2.53. The molecule has 1 unspecified atom stereocenters. The molecule has 0 radical (unpaired) electrons. The lowest BCUT2D eigenvalue weighted by Crippen LogP contribution is -2.45. The standard InChI is InChI=1S/C16H26N2/c1-4-17-12-16(2,13-18(3)15-10-11-15)14-8-6-5-7-9-14/h5-9,15,17H,4,10-13H2,1-3H3. The Morgan fingerprint density at radius 1 is 1.28 bits per heavy atom. The van der Waals surface area contributed by atoms with Crippen LogP contribution < -0.4 is 5.32 Å². The van der Waals surface area contributed by atoms with Crippen molar-refractivity contribution in [3.8, 4) is 0 Å². The third-order valence-corrected chi connectivity index (χ3v) is 4.00. The summed E-state index contributed by atoms with van der Waals surface area (Å²) in [6.45, 7) is 7.77. The Morgan fingerprint density at radius 3 is 2.50 bits per heavy atom. The lowest BCUT2D eigenvalue weighted by molar-refractivity contribution is 0.242. The van der Waals surface area contributed by atoms with Crippen LogP contribution in [0.15, 0.2) is 30.3 Å². The topological polar surface area (TPSA) is 15.3 Å². The molecule has 0 aromatic heterocycles. The van der Waals surface area contributed by atoms with E-state index in [4.69, 9.17) is 0 Å². The SMILES string of the molecule is CCNCC(C)(CN(C)C1CC1)c1ccccc1. The van der Waals surface area contributed by atoms with E-state index in [9.17, 15) is 0 Å². The average Bonchev–Trinajstić information content (AvgIpc) is 3.22. The molecule has 2 nitrogen and oxygen atoms in total. The second-order valence-electron chi connectivity index (χ2n) is 5.85. The van der Waals surface area contributed by atoms with Gasteiger partial charge in [-0.3, -0.25) is 0 Å². The molecular formula is C16H26N2. The van der Waals surface area contributed by atoms with Crippen LogP contribution >= 0.6 is 0 Å². The molecule has 2 heteroatoms. The van der Waals surface area contributed by atoms with Crippen LogP contribution in [0.5, 0.6) is 0 Å². The Kier molecular flexibility index (Phi) is 4.41. The second-order valence-corrected chi connectivity index (χ2v) is 5.85. The van der Waals surface area contributed by atoms with E-state index in [-0.39, 0.29) is 5.41 Å². The van der Waals surface area contributed by atoms with Crippen molar-refractivity contribution in [2.75, 3.05) is 26.7 Å². The van der Waals surface area contributed by atoms with Crippen molar-refractivity contribution < 1.29 is 0 Å². The van der Waals surface area contributed by atoms with E-state index in [0.29, 0.717) is 0 Å². The van der Waals surface area contributed by atoms with E-state index in [2.05, 4.69) is 61.4 Å². The van der Waals surface area contributed by atoms with Crippen LogP contribution in [-0.4, -0.2) is 37.6 Å². The molecule has 1 aromatic carbocycles. The molecule has 1 aromatic rings. The predicted octanol–water partition coefficient (Wildman–Crippen LogP) is 2.65. The fourth-order valence-corrected chi connectivity index (χ4v) is 2.69. The molecule has 1 fully saturated rings. The zero-order valence-corrected chi connectivity index (χ0v) is 11.9. The molecule has 1 N–H and O–H groups in total. The van der Waals surface area contributed by atoms with E-state index < -0.39 is 0 Å². The average molecular weight is 246 g/mol. The van der Waals surface area contributed by atoms with Crippen LogP contribution in [0.25, 0.3) is 0 Å². The normalized spacial score (nSPS) is 18.9. The Morgan fingerprint density at radius 2 is 1.94 bits per heavy atom. The second kappa shape index (κ2) is 5.85. The van der Waals surface area contributed by atoms with Crippen molar-refractivity contribution in [3.63, 3.8) is 0 Å². The molecule has 0 amide bonds. The summed E-state index contributed by atoms with van der Waals surface area (Å²) in [5, 5.41) is 3.53. The van der Waals surface area contributed by atoms with Gasteiger partial charge in [-0.1, -0.05) is 44.2 Å². The maximum atomic E-state index is 3.53. The van der Waals surface area contributed by atoms with Gasteiger partial charge in [-0.05, 0) is 32.0 Å². The van der Waals surface area contributed by atoms with Crippen LogP contribution in [0.1, 0.15) is 32.3 Å². The summed E-state index contributed by atoms with van der Waals surface area (Å²) in [5.41, 5.74) is 1.65. The summed E-state index contributed by atoms with van der Waals surface area (Å²) < 4.78 is 0. The van der Waals surface area contributed by atoms with Gasteiger partial charge in [-0.15, -0.1) is 0 Å². The lowest BCUT2D eigenvalue weighted by Gasteiger charge is -2.35. The number of benzene rings is 1. The van der Waals surface area contributed by atoms with Gasteiger partial charge in [0.15, 0.2) is 0 Å². The quantitative estimate of drug-likeness (QED) is 0.795. The third kappa shape index (κ3) is 3.33. The van der Waals surface area contributed by atoms with E-state index in [1.54, 1.807) is 0 Å². The number of likely N-dealkylation sites (N-methyl/N-ethyl adjacent to an activating group) is 2. The molecule has 1 aliphatic rings. The number of hydrogen-bond donors (Lipinski definition) is 1. The molecule has 0 aliphatic heterocycles. The molecule has 2 rings (SSSR count). The first-order valence-electron chi connectivity index (χ1n) is 7.12. The monoisotopic (exact) mass is 246 g/mol. The first kappa shape index (κ1) is 13.6. The van der Waals surface area contributed by atoms with E-state index >= 15 is 0 Å². The molecule has 1 saturated carbocycles. The summed E-state index contributed by atoms with van der Waals surface area (Å²) >= 11 is 0. The zero-order valence-electron chi connectivity index (χ0n) is 11.9. The lowest BCUT2D eigenvalue weighted by atomic mass is 9.81. The number of rotatable bonds is 7. The van der Waals surface area contributed by atoms with E-state index in [1.807, 2.05) is 0 Å². The highest BCUT2D eigenvalue weighted by Gasteiger charge is 2.33. The van der Waals surface area contributed by atoms with Gasteiger partial charge in [0.2, 0.25) is 0 Å². The molecule has 0 spiro atoms. The van der Waals surface area contributed by atoms with E-state index in [0.717, 1.165) is 25.7 Å². The largest absolute Gasteiger partial charge is 0.316 e. The summed E-state index contributed by atoms with van der Waals surface area (Å²) in [6, 6.07) is 11.8. The van der Waals surface area contributed by atoms with Crippen molar-refractivity contribution in [1.82, 2.24) is 10.2 Å². The van der Waals surface area contributed by atoms with Gasteiger partial charge in [0, 0.05) is 24.5 Å². The van der Waals surface area contributed by atoms with Gasteiger partial charge >= 0.3 is 0 Å². The molecule has 0 heterocycles. The van der Waals surface area contributed by atoms with Crippen LogP contribution in [0, 0.1) is 0 Å². The molecular weight excluding hydrogens is 220 g/mol. The van der Waals surface area contributed by atoms with Crippen molar-refractivity contribution in [2.24, 2.45) is 0 Å². The maximum absolute atomic E-state index is 3.53. The molecule has 18 heavy (non-hydrogen) atoms. The molecule has 0 bridgehead atoms. The van der Waals surface area contributed by atoms with E-state index in [1.165, 1.54) is 18.4 Å². The minimum absolute atomic E-state index is 0.203. The zero-order chi connectivity index (χ0) is 13.0. The number of hydrogen-bond acceptors (Lipinski definition) is 2. The maximum Gasteiger partial charge on any atom is 0.0177 e. The van der Waals surface area contributed by atoms with Crippen molar-refractivity contribution in [2.45, 2.75) is 38.1 Å². The minimum atomic E-state index is 0.203.